The van der Waals surface area contributed by atoms with Crippen molar-refractivity contribution in [2.45, 2.75) is 30.7 Å². The zero-order valence-corrected chi connectivity index (χ0v) is 15.4. The summed E-state index contributed by atoms with van der Waals surface area (Å²) in [5, 5.41) is 2.60. The number of carbonyl (C=O) groups is 3. The second-order valence-corrected chi connectivity index (χ2v) is 8.00. The number of nitrogens with zero attached hydrogens (tertiary/aromatic N) is 1. The Bertz CT molecular complexity index is 1000. The Kier molecular flexibility index (Phi) is 5.09. The van der Waals surface area contributed by atoms with E-state index in [1.54, 1.807) is 36.4 Å². The van der Waals surface area contributed by atoms with E-state index < -0.39 is 27.9 Å². The topological polar surface area (TPSA) is 101 Å². The summed E-state index contributed by atoms with van der Waals surface area (Å²) in [5.41, 5.74) is 0.785. The molecule has 1 aliphatic rings. The smallest absolute Gasteiger partial charge is 0.267 e. The number of rotatable bonds is 5. The molecule has 1 N–H and O–H groups in total. The number of hydrogen-bond donors (Lipinski definition) is 1. The molecule has 0 aromatic heterocycles. The molecule has 2 aromatic rings. The summed E-state index contributed by atoms with van der Waals surface area (Å²) >= 11 is 0. The Balaban J connectivity index is 1.87. The minimum atomic E-state index is -4.13. The van der Waals surface area contributed by atoms with Crippen LogP contribution < -0.4 is 5.32 Å². The first kappa shape index (κ1) is 18.8. The maximum atomic E-state index is 12.8. The van der Waals surface area contributed by atoms with Crippen LogP contribution in [0.3, 0.4) is 0 Å². The van der Waals surface area contributed by atoms with Crippen LogP contribution in [0.25, 0.3) is 0 Å². The average molecular weight is 386 g/mol. The van der Waals surface area contributed by atoms with Gasteiger partial charge in [-0.25, -0.2) is 12.7 Å². The summed E-state index contributed by atoms with van der Waals surface area (Å²) in [5.74, 6) is -1.38. The van der Waals surface area contributed by atoms with Gasteiger partial charge in [0.15, 0.2) is 5.78 Å². The monoisotopic (exact) mass is 386 g/mol. The third-order valence-electron chi connectivity index (χ3n) is 4.30. The number of sulfonamides is 1. The molecule has 1 aliphatic heterocycles. The number of anilines is 1. The Morgan fingerprint density at radius 1 is 1.07 bits per heavy atom. The molecule has 27 heavy (non-hydrogen) atoms. The van der Waals surface area contributed by atoms with Gasteiger partial charge in [-0.1, -0.05) is 30.3 Å². The molecule has 1 fully saturated rings. The molecule has 3 rings (SSSR count). The summed E-state index contributed by atoms with van der Waals surface area (Å²) in [4.78, 5) is 36.3. The average Bonchev–Trinajstić information content (AvgIpc) is 3.05. The lowest BCUT2D eigenvalue weighted by Gasteiger charge is -2.23. The molecule has 0 bridgehead atoms. The van der Waals surface area contributed by atoms with Crippen molar-refractivity contribution < 1.29 is 22.8 Å². The molecule has 7 nitrogen and oxygen atoms in total. The lowest BCUT2D eigenvalue weighted by Crippen LogP contribution is -2.45. The second-order valence-electron chi connectivity index (χ2n) is 6.19. The van der Waals surface area contributed by atoms with Crippen molar-refractivity contribution in [3.05, 3.63) is 60.2 Å². The van der Waals surface area contributed by atoms with Gasteiger partial charge in [-0.05, 0) is 37.6 Å². The molecule has 0 radical (unpaired) electrons. The van der Waals surface area contributed by atoms with Gasteiger partial charge < -0.3 is 5.32 Å². The fourth-order valence-corrected chi connectivity index (χ4v) is 4.57. The van der Waals surface area contributed by atoms with Gasteiger partial charge in [0.1, 0.15) is 6.04 Å². The van der Waals surface area contributed by atoms with Gasteiger partial charge in [-0.3, -0.25) is 14.4 Å². The SMILES string of the molecule is CC(=O)c1cccc(NC(=O)[C@H]2CCC(=O)N2S(=O)(=O)c2ccccc2)c1. The van der Waals surface area contributed by atoms with Crippen molar-refractivity contribution >= 4 is 33.3 Å². The second kappa shape index (κ2) is 7.32. The first-order valence-electron chi connectivity index (χ1n) is 8.35. The fraction of sp³-hybridized carbons (Fsp3) is 0.211. The predicted octanol–water partition coefficient (Wildman–Crippen LogP) is 2.21. The van der Waals surface area contributed by atoms with Crippen LogP contribution in [-0.4, -0.2) is 36.4 Å². The molecule has 0 unspecified atom stereocenters. The van der Waals surface area contributed by atoms with Crippen molar-refractivity contribution in [3.8, 4) is 0 Å². The normalized spacial score (nSPS) is 17.0. The van der Waals surface area contributed by atoms with E-state index in [9.17, 15) is 22.8 Å². The minimum Gasteiger partial charge on any atom is -0.324 e. The van der Waals surface area contributed by atoms with Crippen molar-refractivity contribution in [3.63, 3.8) is 0 Å². The van der Waals surface area contributed by atoms with Gasteiger partial charge >= 0.3 is 0 Å². The fourth-order valence-electron chi connectivity index (χ4n) is 2.95. The minimum absolute atomic E-state index is 0.0301. The van der Waals surface area contributed by atoms with Gasteiger partial charge in [0.2, 0.25) is 11.8 Å². The van der Waals surface area contributed by atoms with Crippen LogP contribution in [0.5, 0.6) is 0 Å². The van der Waals surface area contributed by atoms with Crippen LogP contribution in [0.2, 0.25) is 0 Å². The third-order valence-corrected chi connectivity index (χ3v) is 6.14. The molecule has 1 atom stereocenters. The predicted molar refractivity (Wildman–Crippen MR) is 98.6 cm³/mol. The number of carbonyl (C=O) groups excluding carboxylic acids is 3. The van der Waals surface area contributed by atoms with Crippen LogP contribution >= 0.6 is 0 Å². The van der Waals surface area contributed by atoms with E-state index in [1.807, 2.05) is 0 Å². The molecule has 0 saturated carbocycles. The molecule has 2 amide bonds. The standard InChI is InChI=1S/C19H18N2O5S/c1-13(22)14-6-5-7-15(12-14)20-19(24)17-10-11-18(23)21(17)27(25,26)16-8-3-2-4-9-16/h2-9,12,17H,10-11H2,1H3,(H,20,24)/t17-/m1/s1. The third kappa shape index (κ3) is 3.75. The van der Waals surface area contributed by atoms with Crippen molar-refractivity contribution in [1.29, 1.82) is 0 Å². The summed E-state index contributed by atoms with van der Waals surface area (Å²) in [6, 6.07) is 12.7. The van der Waals surface area contributed by atoms with E-state index in [-0.39, 0.29) is 23.5 Å². The Labute approximate surface area is 157 Å². The van der Waals surface area contributed by atoms with Gasteiger partial charge in [0.25, 0.3) is 10.0 Å². The Morgan fingerprint density at radius 3 is 2.44 bits per heavy atom. The van der Waals surface area contributed by atoms with Crippen molar-refractivity contribution in [2.75, 3.05) is 5.32 Å². The summed E-state index contributed by atoms with van der Waals surface area (Å²) in [7, 11) is -4.13. The summed E-state index contributed by atoms with van der Waals surface area (Å²) in [6.45, 7) is 1.41. The first-order valence-corrected chi connectivity index (χ1v) is 9.79. The maximum Gasteiger partial charge on any atom is 0.267 e. The van der Waals surface area contributed by atoms with E-state index >= 15 is 0 Å². The molecule has 140 valence electrons. The Hall–Kier alpha value is -3.00. The molecular weight excluding hydrogens is 368 g/mol. The quantitative estimate of drug-likeness (QED) is 0.794. The van der Waals surface area contributed by atoms with Crippen LogP contribution in [-0.2, 0) is 19.6 Å². The van der Waals surface area contributed by atoms with Crippen LogP contribution in [0, 0.1) is 0 Å². The highest BCUT2D eigenvalue weighted by Gasteiger charge is 2.44. The van der Waals surface area contributed by atoms with E-state index in [4.69, 9.17) is 0 Å². The van der Waals surface area contributed by atoms with Crippen LogP contribution in [0.4, 0.5) is 5.69 Å². The van der Waals surface area contributed by atoms with Crippen LogP contribution in [0.1, 0.15) is 30.1 Å². The van der Waals surface area contributed by atoms with E-state index in [0.29, 0.717) is 15.6 Å². The molecule has 0 spiro atoms. The van der Waals surface area contributed by atoms with Crippen molar-refractivity contribution in [1.82, 2.24) is 4.31 Å². The lowest BCUT2D eigenvalue weighted by atomic mass is 10.1. The summed E-state index contributed by atoms with van der Waals surface area (Å²) in [6.07, 6.45) is 0.0702. The zero-order chi connectivity index (χ0) is 19.6. The number of hydrogen-bond acceptors (Lipinski definition) is 5. The van der Waals surface area contributed by atoms with Crippen LogP contribution in [0.15, 0.2) is 59.5 Å². The van der Waals surface area contributed by atoms with Crippen molar-refractivity contribution in [2.24, 2.45) is 0 Å². The molecule has 1 saturated heterocycles. The Morgan fingerprint density at radius 2 is 1.78 bits per heavy atom. The number of nitrogens with one attached hydrogen (secondary N) is 1. The number of ketones is 1. The first-order chi connectivity index (χ1) is 12.8. The molecule has 1 heterocycles. The molecule has 0 aliphatic carbocycles. The largest absolute Gasteiger partial charge is 0.324 e. The molecule has 8 heteroatoms. The molecular formula is C19H18N2O5S. The van der Waals surface area contributed by atoms with Gasteiger partial charge in [0, 0.05) is 17.7 Å². The maximum absolute atomic E-state index is 12.8. The zero-order valence-electron chi connectivity index (χ0n) is 14.6. The van der Waals surface area contributed by atoms with E-state index in [1.165, 1.54) is 25.1 Å². The van der Waals surface area contributed by atoms with Gasteiger partial charge in [-0.2, -0.15) is 0 Å². The number of Topliss-reactive ketones (excluding diaryl/α,β-unsaturated/α-hetero) is 1. The number of benzene rings is 2. The highest BCUT2D eigenvalue weighted by Crippen LogP contribution is 2.28. The van der Waals surface area contributed by atoms with E-state index in [0.717, 1.165) is 0 Å². The molecule has 2 aromatic carbocycles. The highest BCUT2D eigenvalue weighted by molar-refractivity contribution is 7.89. The van der Waals surface area contributed by atoms with Gasteiger partial charge in [0.05, 0.1) is 4.90 Å². The highest BCUT2D eigenvalue weighted by atomic mass is 32.2. The lowest BCUT2D eigenvalue weighted by molar-refractivity contribution is -0.128. The van der Waals surface area contributed by atoms with Gasteiger partial charge in [-0.15, -0.1) is 0 Å². The van der Waals surface area contributed by atoms with E-state index in [2.05, 4.69) is 5.32 Å². The summed E-state index contributed by atoms with van der Waals surface area (Å²) < 4.78 is 26.3. The number of amides is 2.